The van der Waals surface area contributed by atoms with Crippen molar-refractivity contribution in [2.75, 3.05) is 6.23 Å². The number of aromatic hydroxyl groups is 1. The van der Waals surface area contributed by atoms with Gasteiger partial charge in [-0.2, -0.15) is 0 Å². The number of phenols is 1. The minimum absolute atomic E-state index is 0.374. The maximum absolute atomic E-state index is 9.97. The average molecular weight is 361 g/mol. The van der Waals surface area contributed by atoms with Crippen molar-refractivity contribution in [2.24, 2.45) is 0 Å². The number of phenolic OH excluding ortho intramolecular Hbond substituents is 1. The van der Waals surface area contributed by atoms with E-state index in [1.54, 1.807) is 0 Å². The van der Waals surface area contributed by atoms with E-state index in [1.807, 2.05) is 32.9 Å². The van der Waals surface area contributed by atoms with Gasteiger partial charge in [0.1, 0.15) is 19.6 Å². The molecule has 2 aromatic rings. The van der Waals surface area contributed by atoms with Crippen LogP contribution in [0, 0.1) is 20.8 Å². The fourth-order valence-corrected chi connectivity index (χ4v) is 4.19. The first kappa shape index (κ1) is 20.8. The van der Waals surface area contributed by atoms with E-state index in [9.17, 15) is 5.11 Å². The lowest BCUT2D eigenvalue weighted by atomic mass is 10.0. The minimum Gasteiger partial charge on any atom is -0.507 e. The molecule has 0 saturated heterocycles. The molecule has 136 valence electrons. The third kappa shape index (κ3) is 5.94. The third-order valence-electron chi connectivity index (χ3n) is 4.15. The summed E-state index contributed by atoms with van der Waals surface area (Å²) >= 11 is 0. The Morgan fingerprint density at radius 2 is 1.60 bits per heavy atom. The SMILES string of the molecule is CC(=O)O.Cc1cc(OC[Si](C)(C)c2ccccc2)c(C)c(C)c1O. The van der Waals surface area contributed by atoms with Crippen molar-refractivity contribution >= 4 is 19.2 Å². The molecule has 2 N–H and O–H groups in total. The number of ether oxygens (including phenoxy) is 1. The molecule has 0 unspecified atom stereocenters. The van der Waals surface area contributed by atoms with Crippen LogP contribution in [0.25, 0.3) is 0 Å². The number of rotatable bonds is 4. The van der Waals surface area contributed by atoms with Crippen molar-refractivity contribution in [3.05, 3.63) is 53.1 Å². The summed E-state index contributed by atoms with van der Waals surface area (Å²) in [6, 6.07) is 12.5. The van der Waals surface area contributed by atoms with Gasteiger partial charge in [0.25, 0.3) is 5.97 Å². The zero-order valence-corrected chi connectivity index (χ0v) is 16.9. The molecule has 0 fully saturated rings. The van der Waals surface area contributed by atoms with E-state index in [0.29, 0.717) is 5.75 Å². The molecule has 0 aliphatic heterocycles. The van der Waals surface area contributed by atoms with Crippen LogP contribution < -0.4 is 9.92 Å². The Morgan fingerprint density at radius 1 is 1.08 bits per heavy atom. The second-order valence-electron chi connectivity index (χ2n) is 6.85. The van der Waals surface area contributed by atoms with Gasteiger partial charge < -0.3 is 14.9 Å². The van der Waals surface area contributed by atoms with Crippen LogP contribution in [-0.4, -0.2) is 30.5 Å². The van der Waals surface area contributed by atoms with Gasteiger partial charge in [0, 0.05) is 6.92 Å². The molecule has 0 radical (unpaired) electrons. The zero-order valence-electron chi connectivity index (χ0n) is 15.9. The Hall–Kier alpha value is -2.27. The van der Waals surface area contributed by atoms with Gasteiger partial charge in [0.15, 0.2) is 0 Å². The molecule has 0 aromatic heterocycles. The molecule has 2 rings (SSSR count). The molecule has 25 heavy (non-hydrogen) atoms. The Kier molecular flexibility index (Phi) is 7.24. The molecular formula is C20H28O4Si. The van der Waals surface area contributed by atoms with Crippen molar-refractivity contribution in [3.8, 4) is 11.5 Å². The van der Waals surface area contributed by atoms with E-state index in [4.69, 9.17) is 14.6 Å². The molecule has 0 spiro atoms. The highest BCUT2D eigenvalue weighted by Gasteiger charge is 2.25. The fraction of sp³-hybridized carbons (Fsp3) is 0.350. The topological polar surface area (TPSA) is 66.8 Å². The number of carboxylic acids is 1. The van der Waals surface area contributed by atoms with E-state index >= 15 is 0 Å². The van der Waals surface area contributed by atoms with Gasteiger partial charge in [-0.25, -0.2) is 0 Å². The summed E-state index contributed by atoms with van der Waals surface area (Å²) in [7, 11) is -1.62. The van der Waals surface area contributed by atoms with Crippen LogP contribution in [0.3, 0.4) is 0 Å². The van der Waals surface area contributed by atoms with E-state index < -0.39 is 14.0 Å². The van der Waals surface area contributed by atoms with Crippen molar-refractivity contribution in [3.63, 3.8) is 0 Å². The maximum Gasteiger partial charge on any atom is 0.300 e. The normalized spacial score (nSPS) is 10.6. The first-order valence-corrected chi connectivity index (χ1v) is 11.4. The Bertz CT molecular complexity index is 720. The summed E-state index contributed by atoms with van der Waals surface area (Å²) < 4.78 is 6.12. The number of aliphatic carboxylic acids is 1. The molecule has 0 aliphatic carbocycles. The second-order valence-corrected chi connectivity index (χ2v) is 11.5. The summed E-state index contributed by atoms with van der Waals surface area (Å²) in [5.41, 5.74) is 2.80. The zero-order chi connectivity index (χ0) is 19.2. The minimum atomic E-state index is -1.62. The highest BCUT2D eigenvalue weighted by molar-refractivity contribution is 6.89. The summed E-state index contributed by atoms with van der Waals surface area (Å²) in [5, 5.41) is 18.8. The number of carbonyl (C=O) groups is 1. The van der Waals surface area contributed by atoms with Crippen LogP contribution in [-0.2, 0) is 4.79 Å². The summed E-state index contributed by atoms with van der Waals surface area (Å²) in [6.45, 7) is 11.6. The standard InChI is InChI=1S/C18H24O2Si.C2H4O2/c1-13-11-17(14(2)15(3)18(13)19)20-12-21(4,5)16-9-7-6-8-10-16;1-2(3)4/h6-11,19H,12H2,1-5H3;1H3,(H,3,4). The van der Waals surface area contributed by atoms with Crippen molar-refractivity contribution < 1.29 is 19.7 Å². The first-order valence-electron chi connectivity index (χ1n) is 8.24. The molecule has 0 amide bonds. The van der Waals surface area contributed by atoms with Crippen molar-refractivity contribution in [2.45, 2.75) is 40.8 Å². The van der Waals surface area contributed by atoms with Gasteiger partial charge in [-0.05, 0) is 43.5 Å². The number of carboxylic acid groups (broad SMARTS) is 1. The molecule has 2 aromatic carbocycles. The Morgan fingerprint density at radius 3 is 2.12 bits per heavy atom. The third-order valence-corrected chi connectivity index (χ3v) is 6.91. The summed E-state index contributed by atoms with van der Waals surface area (Å²) in [4.78, 5) is 9.00. The largest absolute Gasteiger partial charge is 0.507 e. The molecule has 0 bridgehead atoms. The number of benzene rings is 2. The monoisotopic (exact) mass is 360 g/mol. The molecule has 4 nitrogen and oxygen atoms in total. The second kappa shape index (κ2) is 8.71. The van der Waals surface area contributed by atoms with Crippen LogP contribution in [0.5, 0.6) is 11.5 Å². The number of hydrogen-bond donors (Lipinski definition) is 2. The molecule has 0 atom stereocenters. The fourth-order valence-electron chi connectivity index (χ4n) is 2.41. The molecular weight excluding hydrogens is 332 g/mol. The summed E-state index contributed by atoms with van der Waals surface area (Å²) in [5.74, 6) is 0.429. The van der Waals surface area contributed by atoms with Crippen LogP contribution in [0.2, 0.25) is 13.1 Å². The Labute approximate surface area is 151 Å². The lowest BCUT2D eigenvalue weighted by Gasteiger charge is -2.24. The van der Waals surface area contributed by atoms with E-state index in [1.165, 1.54) is 5.19 Å². The molecule has 0 heterocycles. The highest BCUT2D eigenvalue weighted by Crippen LogP contribution is 2.32. The predicted octanol–water partition coefficient (Wildman–Crippen LogP) is 3.94. The number of aryl methyl sites for hydroxylation is 1. The average Bonchev–Trinajstić information content (AvgIpc) is 2.55. The van der Waals surface area contributed by atoms with Crippen LogP contribution in [0.15, 0.2) is 36.4 Å². The highest BCUT2D eigenvalue weighted by atomic mass is 28.3. The van der Waals surface area contributed by atoms with Crippen molar-refractivity contribution in [1.29, 1.82) is 0 Å². The van der Waals surface area contributed by atoms with E-state index in [0.717, 1.165) is 35.6 Å². The quantitative estimate of drug-likeness (QED) is 0.811. The van der Waals surface area contributed by atoms with Gasteiger partial charge >= 0.3 is 0 Å². The first-order chi connectivity index (χ1) is 11.6. The molecule has 0 saturated carbocycles. The van der Waals surface area contributed by atoms with Gasteiger partial charge in [-0.3, -0.25) is 4.79 Å². The van der Waals surface area contributed by atoms with Crippen LogP contribution in [0.4, 0.5) is 0 Å². The maximum atomic E-state index is 9.97. The lowest BCUT2D eigenvalue weighted by Crippen LogP contribution is -2.47. The van der Waals surface area contributed by atoms with Crippen LogP contribution >= 0.6 is 0 Å². The predicted molar refractivity (Wildman–Crippen MR) is 105 cm³/mol. The smallest absolute Gasteiger partial charge is 0.300 e. The van der Waals surface area contributed by atoms with Crippen LogP contribution in [0.1, 0.15) is 23.6 Å². The van der Waals surface area contributed by atoms with E-state index in [2.05, 4.69) is 37.4 Å². The molecule has 5 heteroatoms. The van der Waals surface area contributed by atoms with Gasteiger partial charge in [0.2, 0.25) is 0 Å². The van der Waals surface area contributed by atoms with Crippen molar-refractivity contribution in [1.82, 2.24) is 0 Å². The number of hydrogen-bond acceptors (Lipinski definition) is 3. The molecule has 0 aliphatic rings. The summed E-state index contributed by atoms with van der Waals surface area (Å²) in [6.07, 6.45) is 0.738. The lowest BCUT2D eigenvalue weighted by molar-refractivity contribution is -0.134. The Balaban J connectivity index is 0.000000705. The van der Waals surface area contributed by atoms with Gasteiger partial charge in [-0.1, -0.05) is 48.6 Å². The van der Waals surface area contributed by atoms with Gasteiger partial charge in [-0.15, -0.1) is 0 Å². The van der Waals surface area contributed by atoms with Gasteiger partial charge in [0.05, 0.1) is 6.23 Å². The van der Waals surface area contributed by atoms with E-state index in [-0.39, 0.29) is 0 Å².